The fourth-order valence-corrected chi connectivity index (χ4v) is 1.61. The number of unbranched alkanes of at least 4 members (excludes halogenated alkanes) is 1. The number of hydrogen-bond donors (Lipinski definition) is 0. The van der Waals surface area contributed by atoms with Gasteiger partial charge < -0.3 is 4.90 Å². The number of carbonyl (C=O) groups excluding carboxylic acids is 1. The Morgan fingerprint density at radius 1 is 1.20 bits per heavy atom. The second-order valence-electron chi connectivity index (χ2n) is 4.80. The monoisotopic (exact) mass is 213 g/mol. The normalized spacial score (nSPS) is 12.9. The van der Waals surface area contributed by atoms with E-state index >= 15 is 0 Å². The largest absolute Gasteiger partial charge is 0.340 e. The Labute approximate surface area is 95.0 Å². The molecule has 0 saturated carbocycles. The molecule has 0 aliphatic heterocycles. The first-order chi connectivity index (χ1) is 7.02. The lowest BCUT2D eigenvalue weighted by atomic mass is 10.1. The first kappa shape index (κ1) is 14.5. The summed E-state index contributed by atoms with van der Waals surface area (Å²) in [6.07, 6.45) is 3.88. The molecular formula is C13H27NO. The minimum absolute atomic E-state index is 0.333. The Morgan fingerprint density at radius 3 is 2.20 bits per heavy atom. The number of carbonyl (C=O) groups is 1. The van der Waals surface area contributed by atoms with Gasteiger partial charge in [0.1, 0.15) is 0 Å². The number of nitrogens with zero attached hydrogens (tertiary/aromatic N) is 1. The fraction of sp³-hybridized carbons (Fsp3) is 0.923. The molecule has 15 heavy (non-hydrogen) atoms. The Kier molecular flexibility index (Phi) is 7.45. The zero-order valence-corrected chi connectivity index (χ0v) is 11.0. The van der Waals surface area contributed by atoms with Crippen LogP contribution in [0.15, 0.2) is 0 Å². The van der Waals surface area contributed by atoms with Crippen LogP contribution < -0.4 is 0 Å². The average molecular weight is 213 g/mol. The standard InChI is InChI=1S/C13H27NO/c1-6-8-9-13(15)14(10-11(3)4)12(5)7-2/h11-12H,6-10H2,1-5H3. The van der Waals surface area contributed by atoms with Gasteiger partial charge in [0, 0.05) is 19.0 Å². The summed E-state index contributed by atoms with van der Waals surface area (Å²) in [5.74, 6) is 0.893. The van der Waals surface area contributed by atoms with Crippen LogP contribution in [0.25, 0.3) is 0 Å². The number of amides is 1. The van der Waals surface area contributed by atoms with Gasteiger partial charge in [-0.05, 0) is 25.7 Å². The van der Waals surface area contributed by atoms with Gasteiger partial charge in [0.25, 0.3) is 0 Å². The van der Waals surface area contributed by atoms with Crippen LogP contribution >= 0.6 is 0 Å². The van der Waals surface area contributed by atoms with E-state index in [2.05, 4.69) is 39.5 Å². The van der Waals surface area contributed by atoms with Gasteiger partial charge in [-0.15, -0.1) is 0 Å². The van der Waals surface area contributed by atoms with E-state index in [1.54, 1.807) is 0 Å². The second-order valence-corrected chi connectivity index (χ2v) is 4.80. The molecular weight excluding hydrogens is 186 g/mol. The molecule has 0 N–H and O–H groups in total. The predicted molar refractivity (Wildman–Crippen MR) is 65.8 cm³/mol. The SMILES string of the molecule is CCCCC(=O)N(CC(C)C)C(C)CC. The van der Waals surface area contributed by atoms with E-state index in [4.69, 9.17) is 0 Å². The first-order valence-electron chi connectivity index (χ1n) is 6.32. The van der Waals surface area contributed by atoms with Crippen LogP contribution in [0.4, 0.5) is 0 Å². The summed E-state index contributed by atoms with van der Waals surface area (Å²) in [5.41, 5.74) is 0. The van der Waals surface area contributed by atoms with Crippen molar-refractivity contribution in [1.29, 1.82) is 0 Å². The first-order valence-corrected chi connectivity index (χ1v) is 6.32. The summed E-state index contributed by atoms with van der Waals surface area (Å²) in [7, 11) is 0. The average Bonchev–Trinajstić information content (AvgIpc) is 2.21. The molecule has 1 unspecified atom stereocenters. The van der Waals surface area contributed by atoms with Crippen LogP contribution in [0.1, 0.15) is 60.3 Å². The van der Waals surface area contributed by atoms with E-state index in [-0.39, 0.29) is 0 Å². The molecule has 0 aliphatic carbocycles. The lowest BCUT2D eigenvalue weighted by Gasteiger charge is -2.30. The highest BCUT2D eigenvalue weighted by atomic mass is 16.2. The quantitative estimate of drug-likeness (QED) is 0.634. The summed E-state index contributed by atoms with van der Waals surface area (Å²) in [6, 6.07) is 0.386. The minimum Gasteiger partial charge on any atom is -0.340 e. The molecule has 0 fully saturated rings. The van der Waals surface area contributed by atoms with Crippen LogP contribution in [-0.4, -0.2) is 23.4 Å². The molecule has 0 bridgehead atoms. The van der Waals surface area contributed by atoms with Gasteiger partial charge >= 0.3 is 0 Å². The molecule has 1 amide bonds. The summed E-state index contributed by atoms with van der Waals surface area (Å²) >= 11 is 0. The third kappa shape index (κ3) is 5.81. The van der Waals surface area contributed by atoms with E-state index in [9.17, 15) is 4.79 Å². The van der Waals surface area contributed by atoms with Gasteiger partial charge in [0.2, 0.25) is 5.91 Å². The molecule has 2 heteroatoms. The Balaban J connectivity index is 4.27. The maximum absolute atomic E-state index is 12.0. The van der Waals surface area contributed by atoms with Crippen LogP contribution in [0, 0.1) is 5.92 Å². The summed E-state index contributed by atoms with van der Waals surface area (Å²) in [5, 5.41) is 0. The van der Waals surface area contributed by atoms with Crippen molar-refractivity contribution in [3.05, 3.63) is 0 Å². The smallest absolute Gasteiger partial charge is 0.222 e. The van der Waals surface area contributed by atoms with E-state index in [0.717, 1.165) is 25.8 Å². The highest BCUT2D eigenvalue weighted by Crippen LogP contribution is 2.11. The second kappa shape index (κ2) is 7.72. The van der Waals surface area contributed by atoms with Crippen molar-refractivity contribution in [2.45, 2.75) is 66.3 Å². The van der Waals surface area contributed by atoms with Gasteiger partial charge in [0.05, 0.1) is 0 Å². The summed E-state index contributed by atoms with van der Waals surface area (Å²) in [4.78, 5) is 14.0. The molecule has 1 atom stereocenters. The Bertz CT molecular complexity index is 177. The van der Waals surface area contributed by atoms with Gasteiger partial charge in [-0.2, -0.15) is 0 Å². The highest BCUT2D eigenvalue weighted by Gasteiger charge is 2.18. The van der Waals surface area contributed by atoms with Crippen LogP contribution in [0.3, 0.4) is 0 Å². The highest BCUT2D eigenvalue weighted by molar-refractivity contribution is 5.76. The number of rotatable bonds is 7. The lowest BCUT2D eigenvalue weighted by molar-refractivity contribution is -0.134. The molecule has 0 rings (SSSR count). The molecule has 0 aliphatic rings. The third-order valence-electron chi connectivity index (χ3n) is 2.75. The van der Waals surface area contributed by atoms with Gasteiger partial charge in [-0.3, -0.25) is 4.79 Å². The molecule has 0 saturated heterocycles. The van der Waals surface area contributed by atoms with Crippen molar-refractivity contribution in [1.82, 2.24) is 4.90 Å². The predicted octanol–water partition coefficient (Wildman–Crippen LogP) is 3.46. The summed E-state index contributed by atoms with van der Waals surface area (Å²) in [6.45, 7) is 11.7. The number of hydrogen-bond acceptors (Lipinski definition) is 1. The maximum atomic E-state index is 12.0. The van der Waals surface area contributed by atoms with Crippen molar-refractivity contribution < 1.29 is 4.79 Å². The van der Waals surface area contributed by atoms with Crippen molar-refractivity contribution in [3.8, 4) is 0 Å². The van der Waals surface area contributed by atoms with Crippen molar-refractivity contribution in [2.24, 2.45) is 5.92 Å². The topological polar surface area (TPSA) is 20.3 Å². The van der Waals surface area contributed by atoms with E-state index < -0.39 is 0 Å². The molecule has 0 aromatic rings. The van der Waals surface area contributed by atoms with Gasteiger partial charge in [0.15, 0.2) is 0 Å². The van der Waals surface area contributed by atoms with E-state index in [1.807, 2.05) is 0 Å². The lowest BCUT2D eigenvalue weighted by Crippen LogP contribution is -2.40. The van der Waals surface area contributed by atoms with Crippen LogP contribution in [0.2, 0.25) is 0 Å². The maximum Gasteiger partial charge on any atom is 0.222 e. The van der Waals surface area contributed by atoms with Gasteiger partial charge in [-0.1, -0.05) is 34.1 Å². The zero-order chi connectivity index (χ0) is 11.8. The zero-order valence-electron chi connectivity index (χ0n) is 11.0. The van der Waals surface area contributed by atoms with E-state index in [0.29, 0.717) is 24.3 Å². The van der Waals surface area contributed by atoms with Crippen LogP contribution in [-0.2, 0) is 4.79 Å². The minimum atomic E-state index is 0.333. The molecule has 2 nitrogen and oxygen atoms in total. The third-order valence-corrected chi connectivity index (χ3v) is 2.75. The molecule has 0 spiro atoms. The van der Waals surface area contributed by atoms with Gasteiger partial charge in [-0.25, -0.2) is 0 Å². The van der Waals surface area contributed by atoms with Crippen molar-refractivity contribution in [2.75, 3.05) is 6.54 Å². The van der Waals surface area contributed by atoms with Crippen molar-refractivity contribution in [3.63, 3.8) is 0 Å². The Morgan fingerprint density at radius 2 is 1.80 bits per heavy atom. The molecule has 0 aromatic carbocycles. The molecule has 0 aromatic heterocycles. The molecule has 90 valence electrons. The van der Waals surface area contributed by atoms with E-state index in [1.165, 1.54) is 0 Å². The van der Waals surface area contributed by atoms with Crippen molar-refractivity contribution >= 4 is 5.91 Å². The summed E-state index contributed by atoms with van der Waals surface area (Å²) < 4.78 is 0. The molecule has 0 heterocycles. The fourth-order valence-electron chi connectivity index (χ4n) is 1.61. The Hall–Kier alpha value is -0.530. The van der Waals surface area contributed by atoms with Crippen LogP contribution in [0.5, 0.6) is 0 Å². The molecule has 0 radical (unpaired) electrons.